The molecule has 0 unspecified atom stereocenters. The molecule has 0 spiro atoms. The second-order valence-corrected chi connectivity index (χ2v) is 5.04. The van der Waals surface area contributed by atoms with E-state index in [2.05, 4.69) is 36.9 Å². The lowest BCUT2D eigenvalue weighted by Gasteiger charge is -2.36. The lowest BCUT2D eigenvalue weighted by molar-refractivity contribution is -0.128. The highest BCUT2D eigenvalue weighted by Crippen LogP contribution is 2.20. The number of carbonyl (C=O) groups excluding carboxylic acids is 1. The summed E-state index contributed by atoms with van der Waals surface area (Å²) in [7, 11) is 0. The summed E-state index contributed by atoms with van der Waals surface area (Å²) < 4.78 is 0. The highest BCUT2D eigenvalue weighted by atomic mass is 35.5. The molecule has 4 heteroatoms. The van der Waals surface area contributed by atoms with E-state index in [0.29, 0.717) is 0 Å². The van der Waals surface area contributed by atoms with E-state index in [4.69, 9.17) is 11.6 Å². The molecule has 0 saturated carbocycles. The zero-order chi connectivity index (χ0) is 13.1. The molecule has 98 valence electrons. The number of alkyl halides is 1. The van der Waals surface area contributed by atoms with Crippen molar-refractivity contribution in [2.75, 3.05) is 37.0 Å². The van der Waals surface area contributed by atoms with Crippen LogP contribution in [0, 0.1) is 13.8 Å². The fourth-order valence-electron chi connectivity index (χ4n) is 2.22. The van der Waals surface area contributed by atoms with Crippen molar-refractivity contribution < 1.29 is 4.79 Å². The largest absolute Gasteiger partial charge is 0.368 e. The third kappa shape index (κ3) is 2.78. The number of halogens is 1. The number of aryl methyl sites for hydroxylation is 2. The summed E-state index contributed by atoms with van der Waals surface area (Å²) in [5.74, 6) is 0.125. The van der Waals surface area contributed by atoms with Crippen LogP contribution in [0.4, 0.5) is 5.69 Å². The molecule has 0 aliphatic carbocycles. The number of rotatable bonds is 2. The van der Waals surface area contributed by atoms with Crippen molar-refractivity contribution in [1.82, 2.24) is 4.90 Å². The Hall–Kier alpha value is -1.22. The molecule has 1 aliphatic rings. The van der Waals surface area contributed by atoms with Crippen molar-refractivity contribution in [2.45, 2.75) is 13.8 Å². The van der Waals surface area contributed by atoms with Crippen molar-refractivity contribution in [3.05, 3.63) is 29.3 Å². The Balaban J connectivity index is 2.01. The highest BCUT2D eigenvalue weighted by Gasteiger charge is 2.20. The number of anilines is 1. The molecule has 1 heterocycles. The van der Waals surface area contributed by atoms with Crippen molar-refractivity contribution in [1.29, 1.82) is 0 Å². The van der Waals surface area contributed by atoms with E-state index in [1.165, 1.54) is 16.8 Å². The Morgan fingerprint density at radius 3 is 2.39 bits per heavy atom. The minimum atomic E-state index is 0.0383. The maximum absolute atomic E-state index is 11.5. The molecule has 3 nitrogen and oxygen atoms in total. The summed E-state index contributed by atoms with van der Waals surface area (Å²) in [5, 5.41) is 0. The van der Waals surface area contributed by atoms with Crippen LogP contribution in [0.15, 0.2) is 18.2 Å². The standard InChI is InChI=1S/C14H19ClN2O/c1-11-3-4-13(9-12(11)2)16-5-7-17(8-6-16)14(18)10-15/h3-4,9H,5-8,10H2,1-2H3. The summed E-state index contributed by atoms with van der Waals surface area (Å²) in [4.78, 5) is 15.6. The third-order valence-corrected chi connectivity index (χ3v) is 3.83. The van der Waals surface area contributed by atoms with Crippen LogP contribution in [0.25, 0.3) is 0 Å². The van der Waals surface area contributed by atoms with Crippen LogP contribution in [0.1, 0.15) is 11.1 Å². The van der Waals surface area contributed by atoms with Crippen molar-refractivity contribution >= 4 is 23.2 Å². The molecule has 1 amide bonds. The molecule has 1 saturated heterocycles. The van der Waals surface area contributed by atoms with Crippen LogP contribution in [0.5, 0.6) is 0 Å². The third-order valence-electron chi connectivity index (χ3n) is 3.60. The van der Waals surface area contributed by atoms with E-state index in [1.807, 2.05) is 4.90 Å². The number of piperazine rings is 1. The van der Waals surface area contributed by atoms with Gasteiger partial charge in [-0.15, -0.1) is 11.6 Å². The first-order valence-corrected chi connectivity index (χ1v) is 6.81. The molecular formula is C14H19ClN2O. The van der Waals surface area contributed by atoms with Crippen LogP contribution in [0.2, 0.25) is 0 Å². The monoisotopic (exact) mass is 266 g/mol. The zero-order valence-electron chi connectivity index (χ0n) is 10.9. The Bertz CT molecular complexity index is 439. The highest BCUT2D eigenvalue weighted by molar-refractivity contribution is 6.27. The number of benzene rings is 1. The molecule has 1 aromatic rings. The van der Waals surface area contributed by atoms with Gasteiger partial charge in [0.1, 0.15) is 5.88 Å². The summed E-state index contributed by atoms with van der Waals surface area (Å²) >= 11 is 5.57. The van der Waals surface area contributed by atoms with E-state index >= 15 is 0 Å². The van der Waals surface area contributed by atoms with Gasteiger partial charge in [-0.3, -0.25) is 4.79 Å². The van der Waals surface area contributed by atoms with E-state index in [-0.39, 0.29) is 11.8 Å². The minimum Gasteiger partial charge on any atom is -0.368 e. The number of amides is 1. The van der Waals surface area contributed by atoms with Gasteiger partial charge < -0.3 is 9.80 Å². The molecule has 0 aromatic heterocycles. The number of hydrogen-bond donors (Lipinski definition) is 0. The average Bonchev–Trinajstić information content (AvgIpc) is 2.41. The molecule has 1 aromatic carbocycles. The predicted octanol–water partition coefficient (Wildman–Crippen LogP) is 2.19. The lowest BCUT2D eigenvalue weighted by atomic mass is 10.1. The van der Waals surface area contributed by atoms with Gasteiger partial charge in [0.2, 0.25) is 5.91 Å². The second kappa shape index (κ2) is 5.61. The van der Waals surface area contributed by atoms with Gasteiger partial charge in [0.05, 0.1) is 0 Å². The van der Waals surface area contributed by atoms with Gasteiger partial charge in [-0.25, -0.2) is 0 Å². The van der Waals surface area contributed by atoms with Crippen molar-refractivity contribution in [2.24, 2.45) is 0 Å². The first-order valence-electron chi connectivity index (χ1n) is 6.28. The fourth-order valence-corrected chi connectivity index (χ4v) is 2.39. The number of nitrogens with zero attached hydrogens (tertiary/aromatic N) is 2. The van der Waals surface area contributed by atoms with E-state index in [1.54, 1.807) is 0 Å². The van der Waals surface area contributed by atoms with Gasteiger partial charge in [0.15, 0.2) is 0 Å². The van der Waals surface area contributed by atoms with Gasteiger partial charge in [-0.2, -0.15) is 0 Å². The fraction of sp³-hybridized carbons (Fsp3) is 0.500. The first kappa shape index (κ1) is 13.2. The molecule has 18 heavy (non-hydrogen) atoms. The normalized spacial score (nSPS) is 15.9. The Morgan fingerprint density at radius 2 is 1.83 bits per heavy atom. The maximum Gasteiger partial charge on any atom is 0.237 e. The average molecular weight is 267 g/mol. The lowest BCUT2D eigenvalue weighted by Crippen LogP contribution is -2.49. The Morgan fingerprint density at radius 1 is 1.17 bits per heavy atom. The van der Waals surface area contributed by atoms with Gasteiger partial charge in [0, 0.05) is 31.9 Å². The minimum absolute atomic E-state index is 0.0383. The van der Waals surface area contributed by atoms with Crippen molar-refractivity contribution in [3.8, 4) is 0 Å². The van der Waals surface area contributed by atoms with Crippen LogP contribution in [0.3, 0.4) is 0 Å². The molecule has 0 radical (unpaired) electrons. The van der Waals surface area contributed by atoms with E-state index < -0.39 is 0 Å². The quantitative estimate of drug-likeness (QED) is 0.766. The van der Waals surface area contributed by atoms with E-state index in [9.17, 15) is 4.79 Å². The second-order valence-electron chi connectivity index (χ2n) is 4.77. The zero-order valence-corrected chi connectivity index (χ0v) is 11.7. The van der Waals surface area contributed by atoms with Gasteiger partial charge in [-0.1, -0.05) is 6.07 Å². The van der Waals surface area contributed by atoms with Gasteiger partial charge >= 0.3 is 0 Å². The topological polar surface area (TPSA) is 23.6 Å². The molecule has 2 rings (SSSR count). The Kier molecular flexibility index (Phi) is 4.12. The van der Waals surface area contributed by atoms with Crippen LogP contribution in [-0.4, -0.2) is 42.9 Å². The number of carbonyl (C=O) groups is 1. The smallest absolute Gasteiger partial charge is 0.237 e. The van der Waals surface area contributed by atoms with Crippen LogP contribution < -0.4 is 4.90 Å². The molecular weight excluding hydrogens is 248 g/mol. The number of hydrogen-bond acceptors (Lipinski definition) is 2. The summed E-state index contributed by atoms with van der Waals surface area (Å²) in [6.07, 6.45) is 0. The summed E-state index contributed by atoms with van der Waals surface area (Å²) in [6.45, 7) is 7.54. The van der Waals surface area contributed by atoms with Gasteiger partial charge in [-0.05, 0) is 37.1 Å². The first-order chi connectivity index (χ1) is 8.61. The Labute approximate surface area is 113 Å². The molecule has 0 bridgehead atoms. The molecule has 0 N–H and O–H groups in total. The summed E-state index contributed by atoms with van der Waals surface area (Å²) in [5.41, 5.74) is 3.87. The van der Waals surface area contributed by atoms with Crippen LogP contribution in [-0.2, 0) is 4.79 Å². The molecule has 0 atom stereocenters. The van der Waals surface area contributed by atoms with Crippen LogP contribution >= 0.6 is 11.6 Å². The van der Waals surface area contributed by atoms with E-state index in [0.717, 1.165) is 26.2 Å². The van der Waals surface area contributed by atoms with Crippen molar-refractivity contribution in [3.63, 3.8) is 0 Å². The van der Waals surface area contributed by atoms with Gasteiger partial charge in [0.25, 0.3) is 0 Å². The maximum atomic E-state index is 11.5. The molecule has 1 fully saturated rings. The summed E-state index contributed by atoms with van der Waals surface area (Å²) in [6, 6.07) is 6.52. The SMILES string of the molecule is Cc1ccc(N2CCN(C(=O)CCl)CC2)cc1C. The predicted molar refractivity (Wildman–Crippen MR) is 75.4 cm³/mol. The molecule has 1 aliphatic heterocycles.